The number of rotatable bonds is 5. The van der Waals surface area contributed by atoms with Crippen LogP contribution < -0.4 is 4.90 Å². The number of H-pyrrole nitrogens is 1. The molecule has 2 aromatic rings. The van der Waals surface area contributed by atoms with Crippen molar-refractivity contribution < 1.29 is 14.3 Å². The molecule has 0 unspecified atom stereocenters. The smallest absolute Gasteiger partial charge is 0.248 e. The number of fused-ring (bicyclic) bond motifs is 1. The zero-order chi connectivity index (χ0) is 18.0. The molecule has 0 saturated carbocycles. The summed E-state index contributed by atoms with van der Waals surface area (Å²) in [5.74, 6) is 0.788. The van der Waals surface area contributed by atoms with E-state index >= 15 is 0 Å². The lowest BCUT2D eigenvalue weighted by atomic mass is 10.1. The molecule has 1 aromatic carbocycles. The third-order valence-corrected chi connectivity index (χ3v) is 4.19. The molecule has 7 nitrogen and oxygen atoms in total. The Hall–Kier alpha value is -2.12. The van der Waals surface area contributed by atoms with Crippen molar-refractivity contribution in [3.05, 3.63) is 24.3 Å². The number of amides is 1. The summed E-state index contributed by atoms with van der Waals surface area (Å²) in [6, 6.07) is 7.99. The lowest BCUT2D eigenvalue weighted by Gasteiger charge is -2.42. The minimum atomic E-state index is -0.323. The van der Waals surface area contributed by atoms with Gasteiger partial charge in [0.15, 0.2) is 0 Å². The highest BCUT2D eigenvalue weighted by molar-refractivity contribution is 5.77. The highest BCUT2D eigenvalue weighted by atomic mass is 16.6. The van der Waals surface area contributed by atoms with Gasteiger partial charge in [-0.05, 0) is 26.0 Å². The number of hydrogen-bond donors (Lipinski definition) is 1. The van der Waals surface area contributed by atoms with Crippen LogP contribution in [-0.4, -0.2) is 72.9 Å². The number of imidazole rings is 1. The number of nitrogens with zero attached hydrogens (tertiary/aromatic N) is 3. The number of aromatic amines is 1. The second-order valence-corrected chi connectivity index (χ2v) is 7.26. The van der Waals surface area contributed by atoms with Crippen LogP contribution in [0.1, 0.15) is 13.8 Å². The standard InChI is InChI=1S/C18H26N4O3/c1-18(2)12-22(17-19-14-7-5-6-8-15(14)20-17)9-13(25-18)10-24-11-16(23)21(3)4/h5-8,13H,9-12H2,1-4H3,(H,19,20)/t13-/m0/s1. The maximum Gasteiger partial charge on any atom is 0.248 e. The van der Waals surface area contributed by atoms with Crippen LogP contribution in [0.3, 0.4) is 0 Å². The average Bonchev–Trinajstić information content (AvgIpc) is 2.97. The van der Waals surface area contributed by atoms with Gasteiger partial charge >= 0.3 is 0 Å². The Morgan fingerprint density at radius 2 is 2.20 bits per heavy atom. The van der Waals surface area contributed by atoms with Crippen LogP contribution >= 0.6 is 0 Å². The maximum absolute atomic E-state index is 11.6. The number of benzene rings is 1. The van der Waals surface area contributed by atoms with Crippen molar-refractivity contribution in [1.82, 2.24) is 14.9 Å². The number of anilines is 1. The summed E-state index contributed by atoms with van der Waals surface area (Å²) in [5, 5.41) is 0. The number of hydrogen-bond acceptors (Lipinski definition) is 5. The molecule has 2 heterocycles. The van der Waals surface area contributed by atoms with Crippen LogP contribution in [0.15, 0.2) is 24.3 Å². The van der Waals surface area contributed by atoms with E-state index in [1.165, 1.54) is 4.90 Å². The summed E-state index contributed by atoms with van der Waals surface area (Å²) in [6.07, 6.45) is -0.119. The molecule has 3 rings (SSSR count). The number of likely N-dealkylation sites (N-methyl/N-ethyl adjacent to an activating group) is 1. The molecule has 1 aliphatic heterocycles. The molecule has 7 heteroatoms. The van der Waals surface area contributed by atoms with Crippen molar-refractivity contribution in [1.29, 1.82) is 0 Å². The zero-order valence-electron chi connectivity index (χ0n) is 15.3. The highest BCUT2D eigenvalue weighted by Gasteiger charge is 2.34. The lowest BCUT2D eigenvalue weighted by molar-refractivity contribution is -0.139. The van der Waals surface area contributed by atoms with Gasteiger partial charge in [0.25, 0.3) is 0 Å². The quantitative estimate of drug-likeness (QED) is 0.891. The largest absolute Gasteiger partial charge is 0.369 e. The summed E-state index contributed by atoms with van der Waals surface area (Å²) in [5.41, 5.74) is 1.65. The van der Waals surface area contributed by atoms with Gasteiger partial charge in [-0.15, -0.1) is 0 Å². The summed E-state index contributed by atoms with van der Waals surface area (Å²) in [6.45, 7) is 5.95. The molecule has 1 aromatic heterocycles. The van der Waals surface area contributed by atoms with Crippen LogP contribution in [0.25, 0.3) is 11.0 Å². The van der Waals surface area contributed by atoms with Gasteiger partial charge in [0, 0.05) is 27.2 Å². The van der Waals surface area contributed by atoms with Crippen molar-refractivity contribution >= 4 is 22.9 Å². The lowest BCUT2D eigenvalue weighted by Crippen LogP contribution is -2.54. The molecule has 0 bridgehead atoms. The van der Waals surface area contributed by atoms with Gasteiger partial charge in [-0.3, -0.25) is 4.79 Å². The Labute approximate surface area is 147 Å². The van der Waals surface area contributed by atoms with E-state index in [1.54, 1.807) is 14.1 Å². The first-order chi connectivity index (χ1) is 11.8. The highest BCUT2D eigenvalue weighted by Crippen LogP contribution is 2.26. The molecule has 136 valence electrons. The van der Waals surface area contributed by atoms with E-state index in [0.29, 0.717) is 13.2 Å². The predicted molar refractivity (Wildman–Crippen MR) is 96.8 cm³/mol. The van der Waals surface area contributed by atoms with Crippen LogP contribution in [-0.2, 0) is 14.3 Å². The molecule has 1 atom stereocenters. The molecular formula is C18H26N4O3. The minimum absolute atomic E-state index is 0.0517. The molecular weight excluding hydrogens is 320 g/mol. The van der Waals surface area contributed by atoms with E-state index in [1.807, 2.05) is 24.3 Å². The molecule has 0 radical (unpaired) electrons. The fourth-order valence-corrected chi connectivity index (χ4v) is 3.04. The number of carbonyl (C=O) groups is 1. The van der Waals surface area contributed by atoms with Crippen molar-refractivity contribution in [3.8, 4) is 0 Å². The van der Waals surface area contributed by atoms with E-state index in [2.05, 4.69) is 28.7 Å². The molecule has 1 fully saturated rings. The van der Waals surface area contributed by atoms with Gasteiger partial charge in [-0.2, -0.15) is 0 Å². The van der Waals surface area contributed by atoms with E-state index in [9.17, 15) is 4.79 Å². The number of morpholine rings is 1. The monoisotopic (exact) mass is 346 g/mol. The molecule has 0 spiro atoms. The average molecular weight is 346 g/mol. The number of ether oxygens (including phenoxy) is 2. The van der Waals surface area contributed by atoms with Gasteiger partial charge in [0.1, 0.15) is 6.61 Å². The van der Waals surface area contributed by atoms with Gasteiger partial charge in [0.2, 0.25) is 11.9 Å². The summed E-state index contributed by atoms with van der Waals surface area (Å²) < 4.78 is 11.7. The number of carbonyl (C=O) groups excluding carboxylic acids is 1. The first-order valence-electron chi connectivity index (χ1n) is 8.49. The number of nitrogens with one attached hydrogen (secondary N) is 1. The SMILES string of the molecule is CN(C)C(=O)COC[C@@H]1CN(c2nc3ccccc3[nH]2)CC(C)(C)O1. The summed E-state index contributed by atoms with van der Waals surface area (Å²) in [4.78, 5) is 23.4. The van der Waals surface area contributed by atoms with Gasteiger partial charge < -0.3 is 24.3 Å². The van der Waals surface area contributed by atoms with Crippen LogP contribution in [0.2, 0.25) is 0 Å². The third-order valence-electron chi connectivity index (χ3n) is 4.19. The maximum atomic E-state index is 11.6. The predicted octanol–water partition coefficient (Wildman–Crippen LogP) is 1.65. The Balaban J connectivity index is 1.67. The second-order valence-electron chi connectivity index (χ2n) is 7.26. The van der Waals surface area contributed by atoms with E-state index < -0.39 is 0 Å². The fraction of sp³-hybridized carbons (Fsp3) is 0.556. The van der Waals surface area contributed by atoms with Crippen LogP contribution in [0.5, 0.6) is 0 Å². The Morgan fingerprint density at radius 3 is 2.92 bits per heavy atom. The number of para-hydroxylation sites is 2. The molecule has 25 heavy (non-hydrogen) atoms. The van der Waals surface area contributed by atoms with Crippen molar-refractivity contribution in [2.75, 3.05) is 45.3 Å². The first-order valence-corrected chi connectivity index (χ1v) is 8.49. The van der Waals surface area contributed by atoms with E-state index in [0.717, 1.165) is 23.5 Å². The minimum Gasteiger partial charge on any atom is -0.369 e. The third kappa shape index (κ3) is 4.29. The van der Waals surface area contributed by atoms with E-state index in [-0.39, 0.29) is 24.2 Å². The fourth-order valence-electron chi connectivity index (χ4n) is 3.04. The van der Waals surface area contributed by atoms with Gasteiger partial charge in [0.05, 0.1) is 29.3 Å². The molecule has 1 aliphatic rings. The first kappa shape index (κ1) is 17.7. The van der Waals surface area contributed by atoms with Crippen LogP contribution in [0.4, 0.5) is 5.95 Å². The zero-order valence-corrected chi connectivity index (χ0v) is 15.3. The van der Waals surface area contributed by atoms with Gasteiger partial charge in [-0.1, -0.05) is 12.1 Å². The second kappa shape index (κ2) is 7.01. The van der Waals surface area contributed by atoms with E-state index in [4.69, 9.17) is 9.47 Å². The Morgan fingerprint density at radius 1 is 1.44 bits per heavy atom. The molecule has 0 aliphatic carbocycles. The number of aromatic nitrogens is 2. The Kier molecular flexibility index (Phi) is 4.96. The van der Waals surface area contributed by atoms with Crippen molar-refractivity contribution in [3.63, 3.8) is 0 Å². The molecule has 1 saturated heterocycles. The van der Waals surface area contributed by atoms with Crippen LogP contribution in [0, 0.1) is 0 Å². The topological polar surface area (TPSA) is 70.7 Å². The Bertz CT molecular complexity index is 708. The molecule has 1 N–H and O–H groups in total. The van der Waals surface area contributed by atoms with Crippen molar-refractivity contribution in [2.24, 2.45) is 0 Å². The summed E-state index contributed by atoms with van der Waals surface area (Å²) >= 11 is 0. The van der Waals surface area contributed by atoms with Crippen molar-refractivity contribution in [2.45, 2.75) is 25.6 Å². The normalized spacial score (nSPS) is 20.0. The van der Waals surface area contributed by atoms with Gasteiger partial charge in [-0.25, -0.2) is 4.98 Å². The summed E-state index contributed by atoms with van der Waals surface area (Å²) in [7, 11) is 3.43. The molecule has 1 amide bonds.